The first-order valence-corrected chi connectivity index (χ1v) is 8.07. The highest BCUT2D eigenvalue weighted by Crippen LogP contribution is 2.19. The van der Waals surface area contributed by atoms with Gasteiger partial charge in [-0.25, -0.2) is 8.42 Å². The van der Waals surface area contributed by atoms with Gasteiger partial charge >= 0.3 is 0 Å². The molecule has 1 aromatic rings. The predicted octanol–water partition coefficient (Wildman–Crippen LogP) is -1.00. The van der Waals surface area contributed by atoms with Crippen molar-refractivity contribution in [3.8, 4) is 0 Å². The number of hydrogen-bond acceptors (Lipinski definition) is 5. The molecule has 8 heteroatoms. The van der Waals surface area contributed by atoms with Crippen molar-refractivity contribution in [3.05, 3.63) is 34.2 Å². The summed E-state index contributed by atoms with van der Waals surface area (Å²) in [7, 11) is -3.13. The van der Waals surface area contributed by atoms with Crippen LogP contribution in [0.2, 0.25) is 0 Å². The van der Waals surface area contributed by atoms with E-state index in [0.29, 0.717) is 6.42 Å². The molecule has 1 fully saturated rings. The number of aliphatic hydroxyl groups excluding tert-OH is 1. The third-order valence-electron chi connectivity index (χ3n) is 3.25. The Morgan fingerprint density at radius 2 is 2.20 bits per heavy atom. The Kier molecular flexibility index (Phi) is 4.24. The number of carbonyl (C=O) groups is 1. The summed E-state index contributed by atoms with van der Waals surface area (Å²) in [5.41, 5.74) is -0.311. The van der Waals surface area contributed by atoms with Crippen LogP contribution in [-0.4, -0.2) is 60.0 Å². The van der Waals surface area contributed by atoms with Gasteiger partial charge in [-0.1, -0.05) is 6.07 Å². The van der Waals surface area contributed by atoms with Gasteiger partial charge in [0.1, 0.15) is 5.69 Å². The molecular weight excluding hydrogens is 284 g/mol. The lowest BCUT2D eigenvalue weighted by atomic mass is 10.2. The van der Waals surface area contributed by atoms with Gasteiger partial charge < -0.3 is 15.0 Å². The number of H-pyrrole nitrogens is 1. The first kappa shape index (κ1) is 14.7. The van der Waals surface area contributed by atoms with E-state index in [2.05, 4.69) is 4.98 Å². The summed E-state index contributed by atoms with van der Waals surface area (Å²) in [4.78, 5) is 27.3. The fraction of sp³-hybridized carbons (Fsp3) is 0.500. The zero-order valence-electron chi connectivity index (χ0n) is 10.8. The molecule has 1 atom stereocenters. The molecule has 1 unspecified atom stereocenters. The van der Waals surface area contributed by atoms with Gasteiger partial charge in [-0.05, 0) is 12.5 Å². The largest absolute Gasteiger partial charge is 0.395 e. The minimum Gasteiger partial charge on any atom is -0.395 e. The quantitative estimate of drug-likeness (QED) is 0.741. The van der Waals surface area contributed by atoms with Gasteiger partial charge in [0.15, 0.2) is 9.84 Å². The molecule has 1 saturated heterocycles. The third kappa shape index (κ3) is 3.26. The van der Waals surface area contributed by atoms with Gasteiger partial charge in [0.05, 0.1) is 18.1 Å². The number of aromatic nitrogens is 1. The molecule has 0 aromatic carbocycles. The first-order valence-electron chi connectivity index (χ1n) is 6.24. The molecular formula is C12H16N2O5S. The van der Waals surface area contributed by atoms with Crippen LogP contribution in [0.4, 0.5) is 0 Å². The first-order chi connectivity index (χ1) is 9.43. The lowest BCUT2D eigenvalue weighted by molar-refractivity contribution is 0.0649. The van der Waals surface area contributed by atoms with Gasteiger partial charge in [-0.3, -0.25) is 9.59 Å². The molecule has 0 saturated carbocycles. The highest BCUT2D eigenvalue weighted by Gasteiger charge is 2.34. The minimum atomic E-state index is -3.13. The van der Waals surface area contributed by atoms with Crippen molar-refractivity contribution in [2.45, 2.75) is 12.5 Å². The summed E-state index contributed by atoms with van der Waals surface area (Å²) in [5.74, 6) is -0.535. The Bertz CT molecular complexity index is 652. The van der Waals surface area contributed by atoms with E-state index in [1.54, 1.807) is 0 Å². The van der Waals surface area contributed by atoms with Crippen LogP contribution < -0.4 is 5.56 Å². The second-order valence-electron chi connectivity index (χ2n) is 4.71. The SMILES string of the molecule is O=C(c1cccc(=O)[nH]1)N(CCO)C1CCS(=O)(=O)C1. The van der Waals surface area contributed by atoms with Crippen LogP contribution in [-0.2, 0) is 9.84 Å². The van der Waals surface area contributed by atoms with E-state index in [9.17, 15) is 18.0 Å². The van der Waals surface area contributed by atoms with Crippen LogP contribution >= 0.6 is 0 Å². The molecule has 0 radical (unpaired) electrons. The van der Waals surface area contributed by atoms with Crippen molar-refractivity contribution in [2.75, 3.05) is 24.7 Å². The van der Waals surface area contributed by atoms with Crippen molar-refractivity contribution >= 4 is 15.7 Å². The molecule has 7 nitrogen and oxygen atoms in total. The number of amides is 1. The van der Waals surface area contributed by atoms with Crippen molar-refractivity contribution in [1.82, 2.24) is 9.88 Å². The zero-order valence-corrected chi connectivity index (χ0v) is 11.6. The summed E-state index contributed by atoms with van der Waals surface area (Å²) in [6.07, 6.45) is 0.352. The fourth-order valence-corrected chi connectivity index (χ4v) is 4.04. The Balaban J connectivity index is 2.25. The number of nitrogens with one attached hydrogen (secondary N) is 1. The molecule has 1 aliphatic heterocycles. The van der Waals surface area contributed by atoms with Gasteiger partial charge in [0.25, 0.3) is 5.91 Å². The number of aliphatic hydroxyl groups is 1. The number of pyridine rings is 1. The Labute approximate surface area is 116 Å². The maximum Gasteiger partial charge on any atom is 0.270 e. The van der Waals surface area contributed by atoms with E-state index in [4.69, 9.17) is 5.11 Å². The topological polar surface area (TPSA) is 108 Å². The zero-order chi connectivity index (χ0) is 14.8. The summed E-state index contributed by atoms with van der Waals surface area (Å²) in [6.45, 7) is -0.227. The fourth-order valence-electron chi connectivity index (χ4n) is 2.31. The molecule has 0 aliphatic carbocycles. The van der Waals surface area contributed by atoms with Crippen molar-refractivity contribution < 1.29 is 18.3 Å². The van der Waals surface area contributed by atoms with Crippen LogP contribution in [0.3, 0.4) is 0 Å². The van der Waals surface area contributed by atoms with Gasteiger partial charge in [0.2, 0.25) is 5.56 Å². The van der Waals surface area contributed by atoms with E-state index in [1.165, 1.54) is 23.1 Å². The molecule has 2 rings (SSSR count). The van der Waals surface area contributed by atoms with E-state index >= 15 is 0 Å². The molecule has 0 bridgehead atoms. The van der Waals surface area contributed by atoms with Crippen LogP contribution in [0.5, 0.6) is 0 Å². The van der Waals surface area contributed by atoms with Gasteiger partial charge in [-0.15, -0.1) is 0 Å². The van der Waals surface area contributed by atoms with Crippen LogP contribution in [0.25, 0.3) is 0 Å². The second kappa shape index (κ2) is 5.76. The number of hydrogen-bond donors (Lipinski definition) is 2. The predicted molar refractivity (Wildman–Crippen MR) is 72.2 cm³/mol. The summed E-state index contributed by atoms with van der Waals surface area (Å²) >= 11 is 0. The maximum absolute atomic E-state index is 12.3. The van der Waals surface area contributed by atoms with Crippen LogP contribution in [0, 0.1) is 0 Å². The minimum absolute atomic E-state index is 0.0376. The maximum atomic E-state index is 12.3. The monoisotopic (exact) mass is 300 g/mol. The van der Waals surface area contributed by atoms with E-state index < -0.39 is 27.3 Å². The molecule has 1 aromatic heterocycles. The number of aromatic amines is 1. The lowest BCUT2D eigenvalue weighted by Gasteiger charge is -2.27. The number of nitrogens with zero attached hydrogens (tertiary/aromatic N) is 1. The average Bonchev–Trinajstić information content (AvgIpc) is 2.75. The number of sulfone groups is 1. The van der Waals surface area contributed by atoms with Crippen molar-refractivity contribution in [2.24, 2.45) is 0 Å². The Hall–Kier alpha value is -1.67. The van der Waals surface area contributed by atoms with E-state index in [0.717, 1.165) is 0 Å². The summed E-state index contributed by atoms with van der Waals surface area (Å²) in [5, 5.41) is 9.06. The second-order valence-corrected chi connectivity index (χ2v) is 6.94. The molecule has 110 valence electrons. The smallest absolute Gasteiger partial charge is 0.270 e. The molecule has 1 amide bonds. The number of rotatable bonds is 4. The van der Waals surface area contributed by atoms with E-state index in [-0.39, 0.29) is 30.4 Å². The van der Waals surface area contributed by atoms with Crippen LogP contribution in [0.15, 0.2) is 23.0 Å². The summed E-state index contributed by atoms with van der Waals surface area (Å²) in [6, 6.07) is 3.74. The molecule has 20 heavy (non-hydrogen) atoms. The Morgan fingerprint density at radius 1 is 1.45 bits per heavy atom. The Morgan fingerprint density at radius 3 is 2.75 bits per heavy atom. The third-order valence-corrected chi connectivity index (χ3v) is 5.00. The molecule has 1 aliphatic rings. The highest BCUT2D eigenvalue weighted by molar-refractivity contribution is 7.91. The number of carbonyl (C=O) groups excluding carboxylic acids is 1. The van der Waals surface area contributed by atoms with E-state index in [1.807, 2.05) is 0 Å². The summed E-state index contributed by atoms with van der Waals surface area (Å²) < 4.78 is 23.0. The molecule has 2 N–H and O–H groups in total. The lowest BCUT2D eigenvalue weighted by Crippen LogP contribution is -2.43. The average molecular weight is 300 g/mol. The van der Waals surface area contributed by atoms with Crippen molar-refractivity contribution in [1.29, 1.82) is 0 Å². The van der Waals surface area contributed by atoms with Crippen molar-refractivity contribution in [3.63, 3.8) is 0 Å². The normalized spacial score (nSPS) is 20.8. The highest BCUT2D eigenvalue weighted by atomic mass is 32.2. The molecule has 2 heterocycles. The van der Waals surface area contributed by atoms with Gasteiger partial charge in [-0.2, -0.15) is 0 Å². The standard InChI is InChI=1S/C12H16N2O5S/c15-6-5-14(9-4-7-20(18,19)8-9)12(17)10-2-1-3-11(16)13-10/h1-3,9,15H,4-8H2,(H,13,16). The van der Waals surface area contributed by atoms with Gasteiger partial charge in [0, 0.05) is 18.7 Å². The van der Waals surface area contributed by atoms with Crippen LogP contribution in [0.1, 0.15) is 16.9 Å². The molecule has 0 spiro atoms.